The molecule has 3 aromatic carbocycles. The molecule has 0 radical (unpaired) electrons. The Morgan fingerprint density at radius 2 is 1.62 bits per heavy atom. The van der Waals surface area contributed by atoms with E-state index in [1.54, 1.807) is 36.4 Å². The highest BCUT2D eigenvalue weighted by atomic mass is 35.5. The number of carbonyl (C=O) groups excluding carboxylic acids is 2. The van der Waals surface area contributed by atoms with Crippen molar-refractivity contribution in [2.75, 3.05) is 10.6 Å². The summed E-state index contributed by atoms with van der Waals surface area (Å²) in [4.78, 5) is 25.4. The Bertz CT molecular complexity index is 1010. The number of halogens is 2. The van der Waals surface area contributed by atoms with Gasteiger partial charge in [-0.15, -0.1) is 11.8 Å². The van der Waals surface area contributed by atoms with E-state index in [0.717, 1.165) is 4.90 Å². The Morgan fingerprint density at radius 1 is 0.931 bits per heavy atom. The number of nitrogens with one attached hydrogen (secondary N) is 2. The number of hydrogen-bond acceptors (Lipinski definition) is 3. The summed E-state index contributed by atoms with van der Waals surface area (Å²) in [5.74, 6) is -0.845. The highest BCUT2D eigenvalue weighted by Crippen LogP contribution is 2.26. The molecule has 148 valence electrons. The molecule has 0 saturated carbocycles. The molecule has 1 unspecified atom stereocenters. The normalized spacial score (nSPS) is 11.6. The molecule has 4 nitrogen and oxygen atoms in total. The fourth-order valence-corrected chi connectivity index (χ4v) is 3.55. The van der Waals surface area contributed by atoms with Gasteiger partial charge in [-0.25, -0.2) is 4.39 Å². The molecule has 0 aliphatic carbocycles. The summed E-state index contributed by atoms with van der Waals surface area (Å²) >= 11 is 7.33. The van der Waals surface area contributed by atoms with Crippen molar-refractivity contribution in [1.29, 1.82) is 0 Å². The molecular weight excluding hydrogens is 411 g/mol. The van der Waals surface area contributed by atoms with Gasteiger partial charge in [-0.1, -0.05) is 17.7 Å². The molecule has 7 heteroatoms. The largest absolute Gasteiger partial charge is 0.325 e. The lowest BCUT2D eigenvalue weighted by Gasteiger charge is -2.13. The van der Waals surface area contributed by atoms with Crippen molar-refractivity contribution in [2.24, 2.45) is 0 Å². The summed E-state index contributed by atoms with van der Waals surface area (Å²) in [6.07, 6.45) is 0. The van der Waals surface area contributed by atoms with Gasteiger partial charge in [0.05, 0.1) is 5.25 Å². The predicted molar refractivity (Wildman–Crippen MR) is 116 cm³/mol. The average molecular weight is 429 g/mol. The lowest BCUT2D eigenvalue weighted by Crippen LogP contribution is -2.22. The second-order valence-electron chi connectivity index (χ2n) is 6.25. The van der Waals surface area contributed by atoms with Gasteiger partial charge in [-0.05, 0) is 73.7 Å². The number of carbonyl (C=O) groups is 2. The molecule has 3 rings (SSSR count). The zero-order valence-electron chi connectivity index (χ0n) is 15.5. The van der Waals surface area contributed by atoms with Crippen LogP contribution in [0.1, 0.15) is 17.3 Å². The smallest absolute Gasteiger partial charge is 0.255 e. The van der Waals surface area contributed by atoms with Crippen LogP contribution >= 0.6 is 23.4 Å². The van der Waals surface area contributed by atoms with Gasteiger partial charge in [0.25, 0.3) is 5.91 Å². The zero-order chi connectivity index (χ0) is 20.8. The number of rotatable bonds is 6. The number of anilines is 2. The first-order valence-electron chi connectivity index (χ1n) is 8.81. The summed E-state index contributed by atoms with van der Waals surface area (Å²) in [6.45, 7) is 1.81. The number of hydrogen-bond donors (Lipinski definition) is 2. The van der Waals surface area contributed by atoms with Gasteiger partial charge in [-0.2, -0.15) is 0 Å². The second-order valence-corrected chi connectivity index (χ2v) is 8.10. The maximum atomic E-state index is 13.0. The van der Waals surface area contributed by atoms with Crippen molar-refractivity contribution in [3.05, 3.63) is 89.2 Å². The minimum Gasteiger partial charge on any atom is -0.325 e. The molecule has 1 atom stereocenters. The molecule has 0 spiro atoms. The van der Waals surface area contributed by atoms with Crippen LogP contribution in [0.5, 0.6) is 0 Å². The summed E-state index contributed by atoms with van der Waals surface area (Å²) in [7, 11) is 0. The monoisotopic (exact) mass is 428 g/mol. The molecule has 0 saturated heterocycles. The molecule has 0 aliphatic rings. The van der Waals surface area contributed by atoms with E-state index in [2.05, 4.69) is 10.6 Å². The number of thioether (sulfide) groups is 1. The SMILES string of the molecule is CC(Sc1ccc(NC(=O)c2ccc(F)cc2)cc1)C(=O)Nc1cccc(Cl)c1. The van der Waals surface area contributed by atoms with Gasteiger partial charge in [0.1, 0.15) is 5.82 Å². The van der Waals surface area contributed by atoms with E-state index < -0.39 is 5.82 Å². The zero-order valence-corrected chi connectivity index (χ0v) is 17.1. The first-order valence-corrected chi connectivity index (χ1v) is 10.1. The van der Waals surface area contributed by atoms with E-state index in [1.165, 1.54) is 36.0 Å². The first kappa shape index (κ1) is 20.9. The lowest BCUT2D eigenvalue weighted by atomic mass is 10.2. The summed E-state index contributed by atoms with van der Waals surface area (Å²) in [5, 5.41) is 5.82. The average Bonchev–Trinajstić information content (AvgIpc) is 2.70. The molecule has 0 aromatic heterocycles. The van der Waals surface area contributed by atoms with Crippen LogP contribution in [0.4, 0.5) is 15.8 Å². The Hall–Kier alpha value is -2.83. The molecule has 2 N–H and O–H groups in total. The maximum Gasteiger partial charge on any atom is 0.255 e. The van der Waals surface area contributed by atoms with E-state index in [9.17, 15) is 14.0 Å². The molecule has 0 fully saturated rings. The first-order chi connectivity index (χ1) is 13.9. The third kappa shape index (κ3) is 6.07. The Labute approximate surface area is 177 Å². The minimum atomic E-state index is -0.392. The van der Waals surface area contributed by atoms with Crippen molar-refractivity contribution in [2.45, 2.75) is 17.1 Å². The molecular formula is C22H18ClFN2O2S. The maximum absolute atomic E-state index is 13.0. The van der Waals surface area contributed by atoms with Gasteiger partial charge in [-0.3, -0.25) is 9.59 Å². The molecule has 0 bridgehead atoms. The predicted octanol–water partition coefficient (Wildman–Crippen LogP) is 5.85. The van der Waals surface area contributed by atoms with Gasteiger partial charge in [0.2, 0.25) is 5.91 Å². The second kappa shape index (κ2) is 9.58. The van der Waals surface area contributed by atoms with E-state index in [0.29, 0.717) is 22.0 Å². The van der Waals surface area contributed by atoms with Crippen molar-refractivity contribution in [3.8, 4) is 0 Å². The van der Waals surface area contributed by atoms with E-state index >= 15 is 0 Å². The summed E-state index contributed by atoms with van der Waals surface area (Å²) < 4.78 is 13.0. The molecule has 2 amide bonds. The van der Waals surface area contributed by atoms with Crippen LogP contribution in [0.15, 0.2) is 77.7 Å². The van der Waals surface area contributed by atoms with Crippen molar-refractivity contribution >= 4 is 46.6 Å². The highest BCUT2D eigenvalue weighted by molar-refractivity contribution is 8.00. The standard InChI is InChI=1S/C22H18ClFN2O2S/c1-14(21(27)26-19-4-2-3-16(23)13-19)29-20-11-9-18(10-12-20)25-22(28)15-5-7-17(24)8-6-15/h2-14H,1H3,(H,25,28)(H,26,27). The van der Waals surface area contributed by atoms with E-state index in [-0.39, 0.29) is 17.1 Å². The Balaban J connectivity index is 1.56. The van der Waals surface area contributed by atoms with E-state index in [1.807, 2.05) is 19.1 Å². The fourth-order valence-electron chi connectivity index (χ4n) is 2.49. The Morgan fingerprint density at radius 3 is 2.28 bits per heavy atom. The van der Waals surface area contributed by atoms with Gasteiger partial charge >= 0.3 is 0 Å². The van der Waals surface area contributed by atoms with Crippen molar-refractivity contribution < 1.29 is 14.0 Å². The van der Waals surface area contributed by atoms with Crippen molar-refractivity contribution in [1.82, 2.24) is 0 Å². The number of amides is 2. The van der Waals surface area contributed by atoms with Crippen LogP contribution in [-0.2, 0) is 4.79 Å². The van der Waals surface area contributed by atoms with Gasteiger partial charge in [0, 0.05) is 26.9 Å². The summed E-state index contributed by atoms with van der Waals surface area (Å²) in [6, 6.07) is 19.5. The van der Waals surface area contributed by atoms with E-state index in [4.69, 9.17) is 11.6 Å². The van der Waals surface area contributed by atoms with Gasteiger partial charge < -0.3 is 10.6 Å². The quantitative estimate of drug-likeness (QED) is 0.484. The van der Waals surface area contributed by atoms with Crippen LogP contribution < -0.4 is 10.6 Å². The molecule has 0 heterocycles. The van der Waals surface area contributed by atoms with Crippen LogP contribution in [0.3, 0.4) is 0 Å². The van der Waals surface area contributed by atoms with Crippen LogP contribution in [0, 0.1) is 5.82 Å². The fraction of sp³-hybridized carbons (Fsp3) is 0.0909. The number of benzene rings is 3. The summed E-state index contributed by atoms with van der Waals surface area (Å²) in [5.41, 5.74) is 1.63. The van der Waals surface area contributed by atoms with Crippen LogP contribution in [0.2, 0.25) is 5.02 Å². The lowest BCUT2D eigenvalue weighted by molar-refractivity contribution is -0.115. The van der Waals surface area contributed by atoms with Crippen molar-refractivity contribution in [3.63, 3.8) is 0 Å². The highest BCUT2D eigenvalue weighted by Gasteiger charge is 2.15. The third-order valence-corrected chi connectivity index (χ3v) is 5.34. The third-order valence-electron chi connectivity index (χ3n) is 3.99. The topological polar surface area (TPSA) is 58.2 Å². The van der Waals surface area contributed by atoms with Crippen LogP contribution in [0.25, 0.3) is 0 Å². The minimum absolute atomic E-state index is 0.133. The van der Waals surface area contributed by atoms with Gasteiger partial charge in [0.15, 0.2) is 0 Å². The molecule has 0 aliphatic heterocycles. The van der Waals surface area contributed by atoms with Crippen LogP contribution in [-0.4, -0.2) is 17.1 Å². The Kier molecular flexibility index (Phi) is 6.90. The molecule has 29 heavy (non-hydrogen) atoms. The molecule has 3 aromatic rings.